The van der Waals surface area contributed by atoms with E-state index in [4.69, 9.17) is 0 Å². The smallest absolute Gasteiger partial charge is 0.249 e. The van der Waals surface area contributed by atoms with Gasteiger partial charge < -0.3 is 10.2 Å². The summed E-state index contributed by atoms with van der Waals surface area (Å²) in [4.78, 5) is 29.4. The Hall–Kier alpha value is -2.14. The van der Waals surface area contributed by atoms with Crippen LogP contribution in [0.4, 0.5) is 0 Å². The molecule has 0 spiro atoms. The lowest BCUT2D eigenvalue weighted by Crippen LogP contribution is -2.40. The highest BCUT2D eigenvalue weighted by Gasteiger charge is 2.27. The minimum Gasteiger partial charge on any atom is -0.352 e. The molecule has 5 heteroatoms. The molecule has 30 heavy (non-hydrogen) atoms. The number of likely N-dealkylation sites (tertiary alicyclic amines) is 2. The summed E-state index contributed by atoms with van der Waals surface area (Å²) in [6.07, 6.45) is 9.88. The van der Waals surface area contributed by atoms with Crippen LogP contribution in [0.2, 0.25) is 0 Å². The molecule has 2 aliphatic heterocycles. The topological polar surface area (TPSA) is 52.7 Å². The highest BCUT2D eigenvalue weighted by molar-refractivity contribution is 5.93. The molecule has 0 saturated carbocycles. The zero-order valence-electron chi connectivity index (χ0n) is 18.0. The normalized spacial score (nSPS) is 22.9. The summed E-state index contributed by atoms with van der Waals surface area (Å²) in [5.74, 6) is 1.01. The van der Waals surface area contributed by atoms with Crippen LogP contribution >= 0.6 is 0 Å². The van der Waals surface area contributed by atoms with E-state index in [0.29, 0.717) is 12.3 Å². The SMILES string of the molecule is O=C(CCC1CCN(C(=O)C2=CCCC2)CC1)N[C@@H]1CCN(Cc2ccccc2)C1. The summed E-state index contributed by atoms with van der Waals surface area (Å²) in [7, 11) is 0. The van der Waals surface area contributed by atoms with Crippen LogP contribution in [0, 0.1) is 5.92 Å². The Morgan fingerprint density at radius 3 is 2.57 bits per heavy atom. The molecular weight excluding hydrogens is 374 g/mol. The minimum atomic E-state index is 0.191. The summed E-state index contributed by atoms with van der Waals surface area (Å²) in [6, 6.07) is 10.8. The van der Waals surface area contributed by atoms with Gasteiger partial charge in [-0.2, -0.15) is 0 Å². The number of rotatable bonds is 7. The zero-order chi connectivity index (χ0) is 20.8. The molecule has 2 amide bonds. The quantitative estimate of drug-likeness (QED) is 0.750. The van der Waals surface area contributed by atoms with Crippen LogP contribution in [0.5, 0.6) is 0 Å². The van der Waals surface area contributed by atoms with Crippen molar-refractivity contribution in [2.24, 2.45) is 5.92 Å². The number of benzene rings is 1. The van der Waals surface area contributed by atoms with E-state index in [1.807, 2.05) is 11.0 Å². The Balaban J connectivity index is 1.12. The summed E-state index contributed by atoms with van der Waals surface area (Å²) in [6.45, 7) is 4.64. The molecule has 4 rings (SSSR count). The van der Waals surface area contributed by atoms with Crippen molar-refractivity contribution in [3.8, 4) is 0 Å². The van der Waals surface area contributed by atoms with Crippen LogP contribution in [-0.4, -0.2) is 53.8 Å². The second-order valence-corrected chi connectivity index (χ2v) is 9.17. The van der Waals surface area contributed by atoms with Crippen molar-refractivity contribution in [2.75, 3.05) is 26.2 Å². The lowest BCUT2D eigenvalue weighted by Gasteiger charge is -2.32. The Morgan fingerprint density at radius 1 is 1.03 bits per heavy atom. The standard InChI is InChI=1S/C25H35N3O2/c29-24(26-23-14-15-27(19-23)18-21-6-2-1-3-7-21)11-10-20-12-16-28(17-13-20)25(30)22-8-4-5-9-22/h1-3,6-8,20,23H,4-5,9-19H2,(H,26,29)/t23-/m1/s1. The van der Waals surface area contributed by atoms with E-state index in [1.165, 1.54) is 5.56 Å². The van der Waals surface area contributed by atoms with Gasteiger partial charge in [0.25, 0.3) is 0 Å². The van der Waals surface area contributed by atoms with Gasteiger partial charge in [0.15, 0.2) is 0 Å². The van der Waals surface area contributed by atoms with Crippen LogP contribution in [0.3, 0.4) is 0 Å². The predicted octanol–water partition coefficient (Wildman–Crippen LogP) is 3.51. The van der Waals surface area contributed by atoms with Gasteiger partial charge in [0, 0.05) is 50.8 Å². The molecule has 1 aromatic carbocycles. The van der Waals surface area contributed by atoms with Crippen LogP contribution in [0.25, 0.3) is 0 Å². The molecule has 1 aromatic rings. The number of nitrogens with zero attached hydrogens (tertiary/aromatic N) is 2. The van der Waals surface area contributed by atoms with E-state index in [9.17, 15) is 9.59 Å². The monoisotopic (exact) mass is 409 g/mol. The van der Waals surface area contributed by atoms with Gasteiger partial charge in [-0.15, -0.1) is 0 Å². The molecule has 1 N–H and O–H groups in total. The number of amides is 2. The van der Waals surface area contributed by atoms with Crippen molar-refractivity contribution in [2.45, 2.75) is 64.0 Å². The van der Waals surface area contributed by atoms with Crippen LogP contribution in [0.1, 0.15) is 56.9 Å². The largest absolute Gasteiger partial charge is 0.352 e. The number of carbonyl (C=O) groups excluding carboxylic acids is 2. The summed E-state index contributed by atoms with van der Waals surface area (Å²) < 4.78 is 0. The molecule has 2 saturated heterocycles. The fourth-order valence-electron chi connectivity index (χ4n) is 5.06. The second-order valence-electron chi connectivity index (χ2n) is 9.17. The molecule has 0 aromatic heterocycles. The van der Waals surface area contributed by atoms with Crippen molar-refractivity contribution in [1.82, 2.24) is 15.1 Å². The van der Waals surface area contributed by atoms with Gasteiger partial charge in [0.2, 0.25) is 11.8 Å². The fourth-order valence-corrected chi connectivity index (χ4v) is 5.06. The van der Waals surface area contributed by atoms with E-state index < -0.39 is 0 Å². The van der Waals surface area contributed by atoms with Gasteiger partial charge >= 0.3 is 0 Å². The van der Waals surface area contributed by atoms with E-state index in [1.54, 1.807) is 0 Å². The molecule has 2 heterocycles. The molecule has 0 radical (unpaired) electrons. The summed E-state index contributed by atoms with van der Waals surface area (Å²) in [5, 5.41) is 3.25. The highest BCUT2D eigenvalue weighted by Crippen LogP contribution is 2.26. The van der Waals surface area contributed by atoms with Gasteiger partial charge in [-0.05, 0) is 56.4 Å². The van der Waals surface area contributed by atoms with Gasteiger partial charge in [-0.25, -0.2) is 0 Å². The third-order valence-corrected chi connectivity index (χ3v) is 6.88. The maximum atomic E-state index is 12.5. The van der Waals surface area contributed by atoms with E-state index in [2.05, 4.69) is 40.6 Å². The van der Waals surface area contributed by atoms with Gasteiger partial charge in [-0.3, -0.25) is 14.5 Å². The van der Waals surface area contributed by atoms with Gasteiger partial charge in [0.05, 0.1) is 0 Å². The zero-order valence-corrected chi connectivity index (χ0v) is 18.0. The highest BCUT2D eigenvalue weighted by atomic mass is 16.2. The molecular formula is C25H35N3O2. The van der Waals surface area contributed by atoms with Crippen molar-refractivity contribution >= 4 is 11.8 Å². The molecule has 2 fully saturated rings. The summed E-state index contributed by atoms with van der Waals surface area (Å²) in [5.41, 5.74) is 2.35. The molecule has 3 aliphatic rings. The lowest BCUT2D eigenvalue weighted by molar-refractivity contribution is -0.129. The molecule has 0 bridgehead atoms. The summed E-state index contributed by atoms with van der Waals surface area (Å²) >= 11 is 0. The fraction of sp³-hybridized carbons (Fsp3) is 0.600. The third-order valence-electron chi connectivity index (χ3n) is 6.88. The number of piperidine rings is 1. The van der Waals surface area contributed by atoms with Crippen molar-refractivity contribution in [1.29, 1.82) is 0 Å². The Labute approximate surface area is 180 Å². The number of nitrogens with one attached hydrogen (secondary N) is 1. The first-order valence-electron chi connectivity index (χ1n) is 11.7. The maximum Gasteiger partial charge on any atom is 0.249 e. The molecule has 5 nitrogen and oxygen atoms in total. The van der Waals surface area contributed by atoms with Crippen LogP contribution < -0.4 is 5.32 Å². The van der Waals surface area contributed by atoms with Crippen molar-refractivity contribution in [3.63, 3.8) is 0 Å². The van der Waals surface area contributed by atoms with E-state index in [0.717, 1.165) is 83.2 Å². The van der Waals surface area contributed by atoms with Crippen molar-refractivity contribution in [3.05, 3.63) is 47.5 Å². The Morgan fingerprint density at radius 2 is 1.83 bits per heavy atom. The van der Waals surface area contributed by atoms with Crippen LogP contribution in [0.15, 0.2) is 42.0 Å². The van der Waals surface area contributed by atoms with E-state index >= 15 is 0 Å². The third kappa shape index (κ3) is 5.72. The number of hydrogen-bond acceptors (Lipinski definition) is 3. The lowest BCUT2D eigenvalue weighted by atomic mass is 9.91. The molecule has 0 unspecified atom stereocenters. The average Bonchev–Trinajstić information content (AvgIpc) is 3.45. The predicted molar refractivity (Wildman–Crippen MR) is 119 cm³/mol. The van der Waals surface area contributed by atoms with E-state index in [-0.39, 0.29) is 17.9 Å². The average molecular weight is 410 g/mol. The first-order valence-corrected chi connectivity index (χ1v) is 11.7. The van der Waals surface area contributed by atoms with Crippen LogP contribution in [-0.2, 0) is 16.1 Å². The number of hydrogen-bond donors (Lipinski definition) is 1. The van der Waals surface area contributed by atoms with Crippen molar-refractivity contribution < 1.29 is 9.59 Å². The number of allylic oxidation sites excluding steroid dienone is 1. The van der Waals surface area contributed by atoms with Gasteiger partial charge in [-0.1, -0.05) is 36.4 Å². The first kappa shape index (κ1) is 21.1. The Kier molecular flexibility index (Phi) is 7.21. The first-order chi connectivity index (χ1) is 14.7. The minimum absolute atomic E-state index is 0.191. The maximum absolute atomic E-state index is 12.5. The molecule has 1 atom stereocenters. The Bertz CT molecular complexity index is 753. The molecule has 1 aliphatic carbocycles. The second kappa shape index (κ2) is 10.3. The number of carbonyl (C=O) groups is 2. The van der Waals surface area contributed by atoms with Gasteiger partial charge in [0.1, 0.15) is 0 Å². The molecule has 162 valence electrons.